The number of rotatable bonds is 3. The fourth-order valence-electron chi connectivity index (χ4n) is 3.44. The van der Waals surface area contributed by atoms with Crippen LogP contribution in [0.3, 0.4) is 0 Å². The molecule has 0 saturated carbocycles. The summed E-state index contributed by atoms with van der Waals surface area (Å²) in [6.07, 6.45) is -1.22. The molecule has 5 heteroatoms. The van der Waals surface area contributed by atoms with Crippen LogP contribution in [-0.2, 0) is 9.53 Å². The van der Waals surface area contributed by atoms with Crippen molar-refractivity contribution in [1.82, 2.24) is 9.88 Å². The van der Waals surface area contributed by atoms with Crippen molar-refractivity contribution in [2.75, 3.05) is 26.3 Å². The lowest BCUT2D eigenvalue weighted by Gasteiger charge is -2.29. The van der Waals surface area contributed by atoms with Gasteiger partial charge in [0, 0.05) is 29.6 Å². The Labute approximate surface area is 158 Å². The third-order valence-electron chi connectivity index (χ3n) is 4.92. The Morgan fingerprint density at radius 3 is 2.59 bits per heavy atom. The number of hydrogen-bond donors (Lipinski definition) is 1. The Morgan fingerprint density at radius 1 is 1.11 bits per heavy atom. The number of nitrogens with zero attached hydrogens (tertiary/aromatic N) is 2. The molecule has 0 spiro atoms. The van der Waals surface area contributed by atoms with Crippen LogP contribution < -0.4 is 0 Å². The van der Waals surface area contributed by atoms with Crippen LogP contribution in [0.25, 0.3) is 22.2 Å². The molecule has 1 amide bonds. The van der Waals surface area contributed by atoms with Gasteiger partial charge in [-0.2, -0.15) is 0 Å². The van der Waals surface area contributed by atoms with E-state index in [1.807, 2.05) is 61.5 Å². The summed E-state index contributed by atoms with van der Waals surface area (Å²) >= 11 is 0. The first kappa shape index (κ1) is 17.6. The van der Waals surface area contributed by atoms with E-state index in [9.17, 15) is 9.90 Å². The third-order valence-corrected chi connectivity index (χ3v) is 4.92. The van der Waals surface area contributed by atoms with Gasteiger partial charge in [-0.3, -0.25) is 4.79 Å². The first-order chi connectivity index (χ1) is 13.1. The minimum absolute atomic E-state index is 0.286. The molecular formula is C22H22N2O3. The van der Waals surface area contributed by atoms with Crippen molar-refractivity contribution in [3.8, 4) is 11.3 Å². The average Bonchev–Trinajstić information content (AvgIpc) is 2.73. The van der Waals surface area contributed by atoms with Crippen LogP contribution in [0.1, 0.15) is 17.2 Å². The summed E-state index contributed by atoms with van der Waals surface area (Å²) in [5.41, 5.74) is 4.12. The fraction of sp³-hybridized carbons (Fsp3) is 0.273. The van der Waals surface area contributed by atoms with Gasteiger partial charge in [0.05, 0.1) is 24.4 Å². The number of hydrogen-bond acceptors (Lipinski definition) is 4. The number of carbonyl (C=O) groups is 1. The van der Waals surface area contributed by atoms with Gasteiger partial charge in [0.25, 0.3) is 5.91 Å². The molecule has 2 heterocycles. The summed E-state index contributed by atoms with van der Waals surface area (Å²) in [6.45, 7) is 4.01. The molecule has 0 aliphatic carbocycles. The molecule has 0 radical (unpaired) electrons. The maximum atomic E-state index is 12.9. The smallest absolute Gasteiger partial charge is 0.256 e. The van der Waals surface area contributed by atoms with Crippen molar-refractivity contribution in [2.45, 2.75) is 13.0 Å². The van der Waals surface area contributed by atoms with E-state index in [0.29, 0.717) is 31.9 Å². The lowest BCUT2D eigenvalue weighted by molar-refractivity contribution is -0.144. The van der Waals surface area contributed by atoms with E-state index < -0.39 is 6.10 Å². The number of amides is 1. The van der Waals surface area contributed by atoms with Crippen LogP contribution in [0, 0.1) is 6.92 Å². The zero-order valence-electron chi connectivity index (χ0n) is 15.3. The minimum atomic E-state index is -1.22. The largest absolute Gasteiger partial charge is 0.378 e. The highest BCUT2D eigenvalue weighted by Crippen LogP contribution is 2.30. The van der Waals surface area contributed by atoms with Crippen LogP contribution in [0.2, 0.25) is 0 Å². The molecule has 1 aromatic heterocycles. The molecule has 1 atom stereocenters. The van der Waals surface area contributed by atoms with Gasteiger partial charge < -0.3 is 14.7 Å². The number of carbonyl (C=O) groups excluding carboxylic acids is 1. The number of aliphatic hydroxyl groups is 1. The molecule has 2 aromatic carbocycles. The predicted molar refractivity (Wildman–Crippen MR) is 104 cm³/mol. The van der Waals surface area contributed by atoms with Crippen molar-refractivity contribution in [3.05, 3.63) is 65.7 Å². The van der Waals surface area contributed by atoms with Crippen LogP contribution in [0.15, 0.2) is 54.6 Å². The zero-order chi connectivity index (χ0) is 18.8. The Bertz CT molecular complexity index is 966. The first-order valence-corrected chi connectivity index (χ1v) is 9.15. The Kier molecular flexibility index (Phi) is 4.88. The van der Waals surface area contributed by atoms with Crippen molar-refractivity contribution in [3.63, 3.8) is 0 Å². The van der Waals surface area contributed by atoms with Crippen molar-refractivity contribution in [1.29, 1.82) is 0 Å². The summed E-state index contributed by atoms with van der Waals surface area (Å²) < 4.78 is 5.31. The summed E-state index contributed by atoms with van der Waals surface area (Å²) in [4.78, 5) is 19.3. The average molecular weight is 362 g/mol. The van der Waals surface area contributed by atoms with Crippen molar-refractivity contribution < 1.29 is 14.6 Å². The van der Waals surface area contributed by atoms with Crippen LogP contribution >= 0.6 is 0 Å². The van der Waals surface area contributed by atoms with E-state index in [-0.39, 0.29) is 5.91 Å². The van der Waals surface area contributed by atoms with Gasteiger partial charge in [-0.25, -0.2) is 4.98 Å². The van der Waals surface area contributed by atoms with Crippen LogP contribution in [0.5, 0.6) is 0 Å². The molecule has 5 nitrogen and oxygen atoms in total. The van der Waals surface area contributed by atoms with Gasteiger partial charge in [-0.15, -0.1) is 0 Å². The maximum absolute atomic E-state index is 12.9. The quantitative estimate of drug-likeness (QED) is 0.778. The zero-order valence-corrected chi connectivity index (χ0v) is 15.3. The second-order valence-electron chi connectivity index (χ2n) is 6.82. The van der Waals surface area contributed by atoms with Crippen LogP contribution in [-0.4, -0.2) is 47.2 Å². The Morgan fingerprint density at radius 2 is 1.85 bits per heavy atom. The van der Waals surface area contributed by atoms with E-state index in [1.165, 1.54) is 0 Å². The van der Waals surface area contributed by atoms with Gasteiger partial charge >= 0.3 is 0 Å². The molecule has 1 aliphatic heterocycles. The highest BCUT2D eigenvalue weighted by molar-refractivity contribution is 5.92. The van der Waals surface area contributed by atoms with E-state index in [1.54, 1.807) is 4.90 Å². The predicted octanol–water partition coefficient (Wildman–Crippen LogP) is 3.10. The summed E-state index contributed by atoms with van der Waals surface area (Å²) in [5.74, 6) is -0.286. The van der Waals surface area contributed by atoms with Gasteiger partial charge in [0.1, 0.15) is 0 Å². The van der Waals surface area contributed by atoms with E-state index in [2.05, 4.69) is 0 Å². The standard InChI is InChI=1S/C22H22N2O3/c1-15-7-8-19-17(13-15)18(14-20(23-19)16-5-3-2-4-6-16)21(25)22(26)24-9-11-27-12-10-24/h2-8,13-14,21,25H,9-12H2,1H3. The number of benzene rings is 2. The van der Waals surface area contributed by atoms with Crippen molar-refractivity contribution >= 4 is 16.8 Å². The number of aryl methyl sites for hydroxylation is 1. The molecule has 27 heavy (non-hydrogen) atoms. The second kappa shape index (κ2) is 7.47. The Balaban J connectivity index is 1.81. The molecule has 1 unspecified atom stereocenters. The summed E-state index contributed by atoms with van der Waals surface area (Å²) in [7, 11) is 0. The summed E-state index contributed by atoms with van der Waals surface area (Å²) in [6, 6.07) is 17.5. The Hall–Kier alpha value is -2.76. The van der Waals surface area contributed by atoms with Crippen LogP contribution in [0.4, 0.5) is 0 Å². The first-order valence-electron chi connectivity index (χ1n) is 9.15. The third kappa shape index (κ3) is 3.56. The SMILES string of the molecule is Cc1ccc2nc(-c3ccccc3)cc(C(O)C(=O)N3CCOCC3)c2c1. The van der Waals surface area contributed by atoms with E-state index >= 15 is 0 Å². The lowest BCUT2D eigenvalue weighted by Crippen LogP contribution is -2.43. The maximum Gasteiger partial charge on any atom is 0.256 e. The highest BCUT2D eigenvalue weighted by atomic mass is 16.5. The number of pyridine rings is 1. The summed E-state index contributed by atoms with van der Waals surface area (Å²) in [5, 5.41) is 11.8. The topological polar surface area (TPSA) is 62.7 Å². The number of aliphatic hydroxyl groups excluding tert-OH is 1. The lowest BCUT2D eigenvalue weighted by atomic mass is 9.98. The molecular weight excluding hydrogens is 340 g/mol. The van der Waals surface area contributed by atoms with Gasteiger partial charge in [-0.1, -0.05) is 42.0 Å². The molecule has 3 aromatic rings. The van der Waals surface area contributed by atoms with Gasteiger partial charge in [0.15, 0.2) is 6.10 Å². The van der Waals surface area contributed by atoms with Gasteiger partial charge in [0.2, 0.25) is 0 Å². The van der Waals surface area contributed by atoms with E-state index in [0.717, 1.165) is 27.7 Å². The molecule has 1 saturated heterocycles. The second-order valence-corrected chi connectivity index (χ2v) is 6.82. The number of fused-ring (bicyclic) bond motifs is 1. The van der Waals surface area contributed by atoms with E-state index in [4.69, 9.17) is 9.72 Å². The van der Waals surface area contributed by atoms with Crippen molar-refractivity contribution in [2.24, 2.45) is 0 Å². The number of aromatic nitrogens is 1. The molecule has 1 N–H and O–H groups in total. The minimum Gasteiger partial charge on any atom is -0.378 e. The highest BCUT2D eigenvalue weighted by Gasteiger charge is 2.27. The monoisotopic (exact) mass is 362 g/mol. The molecule has 0 bridgehead atoms. The molecule has 1 aliphatic rings. The molecule has 138 valence electrons. The number of morpholine rings is 1. The number of ether oxygens (including phenoxy) is 1. The van der Waals surface area contributed by atoms with Gasteiger partial charge in [-0.05, 0) is 25.1 Å². The molecule has 1 fully saturated rings. The normalized spacial score (nSPS) is 15.7. The fourth-order valence-corrected chi connectivity index (χ4v) is 3.44. The molecule has 4 rings (SSSR count).